The minimum Gasteiger partial charge on any atom is -0.456 e. The Morgan fingerprint density at radius 1 is 0.302 bits per heavy atom. The highest BCUT2D eigenvalue weighted by molar-refractivity contribution is 6.12. The second-order valence-electron chi connectivity index (χ2n) is 16.4. The van der Waals surface area contributed by atoms with Crippen molar-refractivity contribution in [1.29, 1.82) is 0 Å². The summed E-state index contributed by atoms with van der Waals surface area (Å²) in [7, 11) is 0. The van der Waals surface area contributed by atoms with Crippen molar-refractivity contribution in [2.45, 2.75) is 5.41 Å². The molecule has 11 aromatic rings. The van der Waals surface area contributed by atoms with Crippen LogP contribution in [0, 0.1) is 0 Å². The zero-order valence-corrected chi connectivity index (χ0v) is 34.5. The van der Waals surface area contributed by atoms with Gasteiger partial charge in [-0.1, -0.05) is 194 Å². The van der Waals surface area contributed by atoms with Crippen LogP contribution in [0.4, 0.5) is 17.1 Å². The number of fused-ring (bicyclic) bond motifs is 6. The molecule has 1 aromatic heterocycles. The number of anilines is 3. The SMILES string of the molecule is c1ccc(-c2cccc(N(c3ccc(-c4ccc5c(c4)-c4ccccc4C5(c4ccccc4)c4ccccc4)cc3)c3cccc(-c4cccc5oc6ccccc6c45)c3)c2)cc1. The van der Waals surface area contributed by atoms with Crippen molar-refractivity contribution >= 4 is 39.0 Å². The number of hydrogen-bond donors (Lipinski definition) is 0. The van der Waals surface area contributed by atoms with E-state index in [0.29, 0.717) is 0 Å². The molecule has 0 spiro atoms. The second-order valence-corrected chi connectivity index (χ2v) is 16.4. The topological polar surface area (TPSA) is 16.4 Å². The van der Waals surface area contributed by atoms with E-state index in [1.807, 2.05) is 12.1 Å². The standard InChI is InChI=1S/C61H41NO/c1-4-17-42(18-5-1)44-19-14-25-50(39-44)62(51-26-15-20-46(40-51)52-29-16-32-59-60(52)54-28-11-13-31-58(54)63-59)49-36-33-43(34-37-49)45-35-38-57-55(41-45)53-27-10-12-30-56(53)61(57,47-21-6-2-7-22-47)48-23-8-3-9-24-48/h1-41H. The van der Waals surface area contributed by atoms with Gasteiger partial charge in [-0.15, -0.1) is 0 Å². The Bertz CT molecular complexity index is 3400. The number of nitrogens with zero attached hydrogens (tertiary/aromatic N) is 1. The van der Waals surface area contributed by atoms with Crippen molar-refractivity contribution in [2.24, 2.45) is 0 Å². The van der Waals surface area contributed by atoms with E-state index in [2.05, 4.69) is 241 Å². The zero-order chi connectivity index (χ0) is 41.7. The molecule has 2 nitrogen and oxygen atoms in total. The molecular weight excluding hydrogens is 763 g/mol. The van der Waals surface area contributed by atoms with Crippen LogP contribution in [0.25, 0.3) is 66.4 Å². The summed E-state index contributed by atoms with van der Waals surface area (Å²) >= 11 is 0. The third-order valence-electron chi connectivity index (χ3n) is 12.9. The largest absolute Gasteiger partial charge is 0.456 e. The first-order valence-corrected chi connectivity index (χ1v) is 21.7. The lowest BCUT2D eigenvalue weighted by Crippen LogP contribution is -2.28. The number of furan rings is 1. The van der Waals surface area contributed by atoms with Gasteiger partial charge in [-0.05, 0) is 121 Å². The van der Waals surface area contributed by atoms with Gasteiger partial charge in [0.2, 0.25) is 0 Å². The number of para-hydroxylation sites is 1. The average Bonchev–Trinajstić information content (AvgIpc) is 3.89. The minimum atomic E-state index is -0.420. The first-order chi connectivity index (χ1) is 31.2. The third-order valence-corrected chi connectivity index (χ3v) is 12.9. The molecule has 0 atom stereocenters. The Kier molecular flexibility index (Phi) is 8.76. The summed E-state index contributed by atoms with van der Waals surface area (Å²) in [5.74, 6) is 0. The first kappa shape index (κ1) is 36.6. The van der Waals surface area contributed by atoms with Crippen molar-refractivity contribution in [3.63, 3.8) is 0 Å². The predicted molar refractivity (Wildman–Crippen MR) is 262 cm³/mol. The molecule has 12 rings (SSSR count). The van der Waals surface area contributed by atoms with Gasteiger partial charge < -0.3 is 9.32 Å². The summed E-state index contributed by atoms with van der Waals surface area (Å²) in [5, 5.41) is 2.26. The number of benzene rings is 10. The van der Waals surface area contributed by atoms with Crippen molar-refractivity contribution in [3.05, 3.63) is 271 Å². The van der Waals surface area contributed by atoms with Gasteiger partial charge in [0.25, 0.3) is 0 Å². The lowest BCUT2D eigenvalue weighted by molar-refractivity contribution is 0.669. The quantitative estimate of drug-likeness (QED) is 0.152. The molecule has 0 bridgehead atoms. The van der Waals surface area contributed by atoms with Gasteiger partial charge in [-0.2, -0.15) is 0 Å². The van der Waals surface area contributed by atoms with E-state index >= 15 is 0 Å². The molecule has 2 heteroatoms. The molecule has 0 aliphatic heterocycles. The molecule has 0 unspecified atom stereocenters. The predicted octanol–water partition coefficient (Wildman–Crippen LogP) is 16.4. The maximum absolute atomic E-state index is 6.32. The molecular formula is C61H41NO. The fraction of sp³-hybridized carbons (Fsp3) is 0.0164. The van der Waals surface area contributed by atoms with Crippen molar-refractivity contribution in [3.8, 4) is 44.5 Å². The van der Waals surface area contributed by atoms with Gasteiger partial charge in [0.1, 0.15) is 11.2 Å². The Hall–Kier alpha value is -8.20. The summed E-state index contributed by atoms with van der Waals surface area (Å²) in [6.07, 6.45) is 0. The lowest BCUT2D eigenvalue weighted by Gasteiger charge is -2.33. The van der Waals surface area contributed by atoms with Gasteiger partial charge in [0.15, 0.2) is 0 Å². The molecule has 0 saturated carbocycles. The molecule has 1 aliphatic rings. The van der Waals surface area contributed by atoms with Crippen molar-refractivity contribution in [2.75, 3.05) is 4.90 Å². The molecule has 0 fully saturated rings. The van der Waals surface area contributed by atoms with Crippen molar-refractivity contribution < 1.29 is 4.42 Å². The Balaban J connectivity index is 0.981. The summed E-state index contributed by atoms with van der Waals surface area (Å²) in [6.45, 7) is 0. The molecule has 1 aliphatic carbocycles. The van der Waals surface area contributed by atoms with E-state index in [9.17, 15) is 0 Å². The van der Waals surface area contributed by atoms with Gasteiger partial charge in [0.05, 0.1) is 5.41 Å². The number of rotatable bonds is 8. The summed E-state index contributed by atoms with van der Waals surface area (Å²) in [5.41, 5.74) is 19.3. The average molecular weight is 804 g/mol. The summed E-state index contributed by atoms with van der Waals surface area (Å²) < 4.78 is 6.32. The highest BCUT2D eigenvalue weighted by Gasteiger charge is 2.46. The van der Waals surface area contributed by atoms with Gasteiger partial charge in [0, 0.05) is 27.8 Å². The minimum absolute atomic E-state index is 0.420. The molecule has 10 aromatic carbocycles. The van der Waals surface area contributed by atoms with Crippen LogP contribution in [0.15, 0.2) is 253 Å². The molecule has 296 valence electrons. The second kappa shape index (κ2) is 15.1. The van der Waals surface area contributed by atoms with Crippen LogP contribution in [-0.2, 0) is 5.41 Å². The van der Waals surface area contributed by atoms with E-state index in [0.717, 1.165) is 50.1 Å². The molecule has 0 radical (unpaired) electrons. The Morgan fingerprint density at radius 2 is 0.810 bits per heavy atom. The number of hydrogen-bond acceptors (Lipinski definition) is 2. The first-order valence-electron chi connectivity index (χ1n) is 21.7. The van der Waals surface area contributed by atoms with E-state index in [1.54, 1.807) is 0 Å². The maximum atomic E-state index is 6.32. The van der Waals surface area contributed by atoms with Crippen LogP contribution in [-0.4, -0.2) is 0 Å². The van der Waals surface area contributed by atoms with Crippen LogP contribution >= 0.6 is 0 Å². The smallest absolute Gasteiger partial charge is 0.136 e. The Morgan fingerprint density at radius 3 is 1.56 bits per heavy atom. The Labute approximate surface area is 367 Å². The fourth-order valence-electron chi connectivity index (χ4n) is 10.2. The lowest BCUT2D eigenvalue weighted by atomic mass is 9.67. The molecule has 0 amide bonds. The zero-order valence-electron chi connectivity index (χ0n) is 34.5. The maximum Gasteiger partial charge on any atom is 0.136 e. The van der Waals surface area contributed by atoms with E-state index in [-0.39, 0.29) is 0 Å². The molecule has 1 heterocycles. The van der Waals surface area contributed by atoms with Gasteiger partial charge in [-0.3, -0.25) is 0 Å². The summed E-state index contributed by atoms with van der Waals surface area (Å²) in [6, 6.07) is 90.2. The van der Waals surface area contributed by atoms with Crippen molar-refractivity contribution in [1.82, 2.24) is 0 Å². The summed E-state index contributed by atoms with van der Waals surface area (Å²) in [4.78, 5) is 2.38. The van der Waals surface area contributed by atoms with Crippen LogP contribution in [0.5, 0.6) is 0 Å². The van der Waals surface area contributed by atoms with Crippen LogP contribution in [0.3, 0.4) is 0 Å². The molecule has 0 N–H and O–H groups in total. The van der Waals surface area contributed by atoms with Gasteiger partial charge in [-0.25, -0.2) is 0 Å². The monoisotopic (exact) mass is 803 g/mol. The highest BCUT2D eigenvalue weighted by atomic mass is 16.3. The van der Waals surface area contributed by atoms with E-state index in [1.165, 1.54) is 55.6 Å². The molecule has 0 saturated heterocycles. The van der Waals surface area contributed by atoms with E-state index in [4.69, 9.17) is 4.42 Å². The van der Waals surface area contributed by atoms with Gasteiger partial charge >= 0.3 is 0 Å². The molecule has 63 heavy (non-hydrogen) atoms. The highest BCUT2D eigenvalue weighted by Crippen LogP contribution is 2.56. The normalized spacial score (nSPS) is 12.6. The van der Waals surface area contributed by atoms with E-state index < -0.39 is 5.41 Å². The van der Waals surface area contributed by atoms with Crippen LogP contribution < -0.4 is 4.90 Å². The van der Waals surface area contributed by atoms with Crippen LogP contribution in [0.2, 0.25) is 0 Å². The fourth-order valence-corrected chi connectivity index (χ4v) is 10.2. The van der Waals surface area contributed by atoms with Crippen LogP contribution in [0.1, 0.15) is 22.3 Å². The third kappa shape index (κ3) is 6.02.